The van der Waals surface area contributed by atoms with Crippen LogP contribution in [0.5, 0.6) is 0 Å². The summed E-state index contributed by atoms with van der Waals surface area (Å²) in [6.45, 7) is 4.15. The summed E-state index contributed by atoms with van der Waals surface area (Å²) in [6, 6.07) is -4.14. The molecule has 1 fully saturated rings. The number of carbonyl (C=O) groups is 5. The fourth-order valence-electron chi connectivity index (χ4n) is 3.63. The Bertz CT molecular complexity index is 869. The molecule has 188 valence electrons. The van der Waals surface area contributed by atoms with E-state index in [-0.39, 0.29) is 12.3 Å². The highest BCUT2D eigenvalue weighted by atomic mass is 16.4. The fraction of sp³-hybridized carbons (Fsp3) is 0.619. The average Bonchev–Trinajstić information content (AvgIpc) is 3.49. The minimum Gasteiger partial charge on any atom is -0.480 e. The van der Waals surface area contributed by atoms with E-state index in [9.17, 15) is 29.1 Å². The number of nitrogens with zero attached hydrogens (tertiary/aromatic N) is 1. The smallest absolute Gasteiger partial charge is 0.326 e. The standard InChI is InChI=1S/C21H33N7O6/c1-3-11(2)17(21(33)34)28-20(32)14(7-12-9-23-10-25-12)26-19(31)15(8-16(22)29)27-18(30)13-5-4-6-24-13/h9-11,13-15,17,24H,3-8H2,1-2H3,(H2,22,29)(H,23,25)(H,26,31)(H,27,30)(H,28,32)(H,33,34). The van der Waals surface area contributed by atoms with Gasteiger partial charge < -0.3 is 37.1 Å². The Hall–Kier alpha value is -3.48. The molecule has 5 atom stereocenters. The number of carbonyl (C=O) groups excluding carboxylic acids is 4. The van der Waals surface area contributed by atoms with E-state index in [1.807, 2.05) is 0 Å². The molecule has 13 heteroatoms. The first-order valence-electron chi connectivity index (χ1n) is 11.2. The van der Waals surface area contributed by atoms with E-state index in [2.05, 4.69) is 31.2 Å². The topological polar surface area (TPSA) is 208 Å². The molecule has 8 N–H and O–H groups in total. The highest BCUT2D eigenvalue weighted by Gasteiger charge is 2.33. The second-order valence-corrected chi connectivity index (χ2v) is 8.43. The van der Waals surface area contributed by atoms with Crippen LogP contribution in [0.2, 0.25) is 0 Å². The summed E-state index contributed by atoms with van der Waals surface area (Å²) in [7, 11) is 0. The van der Waals surface area contributed by atoms with E-state index in [1.54, 1.807) is 13.8 Å². The molecule has 0 bridgehead atoms. The number of rotatable bonds is 13. The third-order valence-corrected chi connectivity index (χ3v) is 5.80. The number of amides is 4. The van der Waals surface area contributed by atoms with Gasteiger partial charge in [0.05, 0.1) is 18.8 Å². The Morgan fingerprint density at radius 3 is 2.41 bits per heavy atom. The van der Waals surface area contributed by atoms with Crippen molar-refractivity contribution >= 4 is 29.6 Å². The molecule has 5 unspecified atom stereocenters. The Morgan fingerprint density at radius 1 is 1.18 bits per heavy atom. The molecule has 34 heavy (non-hydrogen) atoms. The highest BCUT2D eigenvalue weighted by molar-refractivity contribution is 5.96. The first kappa shape index (κ1) is 26.8. The van der Waals surface area contributed by atoms with Gasteiger partial charge in [0.2, 0.25) is 23.6 Å². The average molecular weight is 480 g/mol. The molecule has 1 aromatic rings. The van der Waals surface area contributed by atoms with E-state index in [0.29, 0.717) is 25.1 Å². The summed E-state index contributed by atoms with van der Waals surface area (Å²) in [5, 5.41) is 20.0. The summed E-state index contributed by atoms with van der Waals surface area (Å²) < 4.78 is 0. The van der Waals surface area contributed by atoms with Gasteiger partial charge in [-0.1, -0.05) is 20.3 Å². The van der Waals surface area contributed by atoms with Crippen molar-refractivity contribution < 1.29 is 29.1 Å². The second-order valence-electron chi connectivity index (χ2n) is 8.43. The van der Waals surface area contributed by atoms with E-state index < -0.39 is 60.2 Å². The zero-order valence-electron chi connectivity index (χ0n) is 19.3. The lowest BCUT2D eigenvalue weighted by molar-refractivity contribution is -0.144. The number of hydrogen-bond acceptors (Lipinski definition) is 7. The van der Waals surface area contributed by atoms with Gasteiger partial charge in [-0.15, -0.1) is 0 Å². The van der Waals surface area contributed by atoms with Crippen molar-refractivity contribution in [2.24, 2.45) is 11.7 Å². The van der Waals surface area contributed by atoms with Crippen molar-refractivity contribution in [2.45, 2.75) is 70.1 Å². The van der Waals surface area contributed by atoms with Crippen LogP contribution >= 0.6 is 0 Å². The van der Waals surface area contributed by atoms with Gasteiger partial charge in [-0.2, -0.15) is 0 Å². The fourth-order valence-corrected chi connectivity index (χ4v) is 3.63. The van der Waals surface area contributed by atoms with Crippen LogP contribution in [0.15, 0.2) is 12.5 Å². The SMILES string of the molecule is CCC(C)C(NC(=O)C(Cc1cnc[nH]1)NC(=O)C(CC(N)=O)NC(=O)C1CCCN1)C(=O)O. The van der Waals surface area contributed by atoms with E-state index >= 15 is 0 Å². The van der Waals surface area contributed by atoms with Crippen molar-refractivity contribution in [3.63, 3.8) is 0 Å². The predicted octanol–water partition coefficient (Wildman–Crippen LogP) is -1.84. The van der Waals surface area contributed by atoms with Gasteiger partial charge in [-0.3, -0.25) is 19.2 Å². The second kappa shape index (κ2) is 12.7. The molecule has 0 aliphatic carbocycles. The molecule has 1 aliphatic heterocycles. The zero-order chi connectivity index (χ0) is 25.3. The number of carboxylic acid groups (broad SMARTS) is 1. The van der Waals surface area contributed by atoms with E-state index in [4.69, 9.17) is 5.73 Å². The first-order valence-corrected chi connectivity index (χ1v) is 11.2. The van der Waals surface area contributed by atoms with Gasteiger partial charge in [-0.25, -0.2) is 9.78 Å². The molecule has 0 spiro atoms. The molecule has 2 heterocycles. The lowest BCUT2D eigenvalue weighted by atomic mass is 9.98. The first-order chi connectivity index (χ1) is 16.1. The lowest BCUT2D eigenvalue weighted by Gasteiger charge is -2.26. The summed E-state index contributed by atoms with van der Waals surface area (Å²) in [5.41, 5.74) is 5.78. The number of carboxylic acids is 1. The highest BCUT2D eigenvalue weighted by Crippen LogP contribution is 2.10. The van der Waals surface area contributed by atoms with Crippen LogP contribution in [0.3, 0.4) is 0 Å². The largest absolute Gasteiger partial charge is 0.480 e. The number of imidazole rings is 1. The Labute approximate surface area is 197 Å². The monoisotopic (exact) mass is 479 g/mol. The zero-order valence-corrected chi connectivity index (χ0v) is 19.3. The normalized spacial score (nSPS) is 18.8. The predicted molar refractivity (Wildman–Crippen MR) is 120 cm³/mol. The third-order valence-electron chi connectivity index (χ3n) is 5.80. The number of aliphatic carboxylic acids is 1. The van der Waals surface area contributed by atoms with Gasteiger partial charge in [-0.05, 0) is 25.3 Å². The molecule has 13 nitrogen and oxygen atoms in total. The molecule has 0 saturated carbocycles. The van der Waals surface area contributed by atoms with Crippen LogP contribution in [0.25, 0.3) is 0 Å². The molecule has 1 aromatic heterocycles. The van der Waals surface area contributed by atoms with Crippen molar-refractivity contribution in [3.8, 4) is 0 Å². The Balaban J connectivity index is 2.18. The molecule has 1 aliphatic rings. The van der Waals surface area contributed by atoms with E-state index in [0.717, 1.165) is 6.42 Å². The van der Waals surface area contributed by atoms with Gasteiger partial charge in [0.15, 0.2) is 0 Å². The van der Waals surface area contributed by atoms with Crippen molar-refractivity contribution in [2.75, 3.05) is 6.54 Å². The summed E-state index contributed by atoms with van der Waals surface area (Å²) in [4.78, 5) is 68.4. The number of aromatic amines is 1. The maximum Gasteiger partial charge on any atom is 0.326 e. The minimum atomic E-state index is -1.30. The van der Waals surface area contributed by atoms with Gasteiger partial charge in [0, 0.05) is 18.3 Å². The maximum absolute atomic E-state index is 13.0. The third kappa shape index (κ3) is 7.83. The Morgan fingerprint density at radius 2 is 1.88 bits per heavy atom. The number of primary amides is 1. The number of nitrogens with one attached hydrogen (secondary N) is 5. The number of hydrogen-bond donors (Lipinski definition) is 7. The quantitative estimate of drug-likeness (QED) is 0.171. The van der Waals surface area contributed by atoms with Crippen LogP contribution in [0.1, 0.15) is 45.2 Å². The van der Waals surface area contributed by atoms with Gasteiger partial charge in [0.1, 0.15) is 18.1 Å². The van der Waals surface area contributed by atoms with Crippen molar-refractivity contribution in [3.05, 3.63) is 18.2 Å². The van der Waals surface area contributed by atoms with Crippen LogP contribution in [0.4, 0.5) is 0 Å². The Kier molecular flexibility index (Phi) is 9.98. The molecule has 0 aromatic carbocycles. The molecule has 0 radical (unpaired) electrons. The molecule has 1 saturated heterocycles. The number of nitrogens with two attached hydrogens (primary N) is 1. The number of H-pyrrole nitrogens is 1. The van der Waals surface area contributed by atoms with Crippen LogP contribution in [-0.4, -0.2) is 75.4 Å². The number of aromatic nitrogens is 2. The van der Waals surface area contributed by atoms with Gasteiger partial charge >= 0.3 is 5.97 Å². The molecular formula is C21H33N7O6. The summed E-state index contributed by atoms with van der Waals surface area (Å²) >= 11 is 0. The molecule has 2 rings (SSSR count). The summed E-state index contributed by atoms with van der Waals surface area (Å²) in [6.07, 6.45) is 4.28. The molecule has 4 amide bonds. The van der Waals surface area contributed by atoms with Crippen molar-refractivity contribution in [1.82, 2.24) is 31.2 Å². The molecular weight excluding hydrogens is 446 g/mol. The minimum absolute atomic E-state index is 0.0220. The maximum atomic E-state index is 13.0. The van der Waals surface area contributed by atoms with E-state index in [1.165, 1.54) is 12.5 Å². The van der Waals surface area contributed by atoms with Crippen molar-refractivity contribution in [1.29, 1.82) is 0 Å². The van der Waals surface area contributed by atoms with Crippen LogP contribution in [0, 0.1) is 5.92 Å². The van der Waals surface area contributed by atoms with Crippen LogP contribution < -0.4 is 27.0 Å². The lowest BCUT2D eigenvalue weighted by Crippen LogP contribution is -2.58. The van der Waals surface area contributed by atoms with Gasteiger partial charge in [0.25, 0.3) is 0 Å². The summed E-state index contributed by atoms with van der Waals surface area (Å²) in [5.74, 6) is -4.33. The van der Waals surface area contributed by atoms with Crippen LogP contribution in [-0.2, 0) is 30.4 Å².